The van der Waals surface area contributed by atoms with Crippen molar-refractivity contribution in [2.75, 3.05) is 18.5 Å². The van der Waals surface area contributed by atoms with E-state index in [0.29, 0.717) is 25.3 Å². The van der Waals surface area contributed by atoms with Crippen molar-refractivity contribution < 1.29 is 19.1 Å². The fourth-order valence-corrected chi connectivity index (χ4v) is 3.36. The molecule has 0 spiro atoms. The van der Waals surface area contributed by atoms with Gasteiger partial charge in [-0.3, -0.25) is 9.59 Å². The van der Waals surface area contributed by atoms with Gasteiger partial charge in [-0.15, -0.1) is 0 Å². The highest BCUT2D eigenvalue weighted by molar-refractivity contribution is 5.90. The molecule has 0 bridgehead atoms. The first-order chi connectivity index (χ1) is 16.2. The van der Waals surface area contributed by atoms with Crippen LogP contribution in [-0.4, -0.2) is 25.1 Å². The molecule has 0 heterocycles. The van der Waals surface area contributed by atoms with Crippen molar-refractivity contribution in [3.8, 4) is 5.75 Å². The Morgan fingerprint density at radius 3 is 1.97 bits per heavy atom. The maximum Gasteiger partial charge on any atom is 0.305 e. The second-order valence-corrected chi connectivity index (χ2v) is 7.82. The smallest absolute Gasteiger partial charge is 0.305 e. The zero-order chi connectivity index (χ0) is 23.1. The lowest BCUT2D eigenvalue weighted by Gasteiger charge is -2.09. The molecule has 0 aliphatic heterocycles. The standard InChI is InChI=1S/C28H31NO4/c30-27(14-7-15-28(31)33-21-8-13-23-9-3-1-4-10-23)29-25-16-18-26(19-17-25)32-22-20-24-11-5-2-6-12-24/h1-6,9-12,16-19H,7-8,13-15,20-22H2,(H,29,30). The van der Waals surface area contributed by atoms with Crippen LogP contribution in [0.4, 0.5) is 5.69 Å². The third-order valence-electron chi connectivity index (χ3n) is 5.14. The maximum atomic E-state index is 12.1. The van der Waals surface area contributed by atoms with E-state index < -0.39 is 0 Å². The van der Waals surface area contributed by atoms with Gasteiger partial charge in [-0.25, -0.2) is 0 Å². The predicted octanol–water partition coefficient (Wildman–Crippen LogP) is 5.59. The topological polar surface area (TPSA) is 64.6 Å². The number of carbonyl (C=O) groups is 2. The molecule has 5 heteroatoms. The maximum absolute atomic E-state index is 12.1. The molecule has 0 unspecified atom stereocenters. The molecule has 172 valence electrons. The van der Waals surface area contributed by atoms with Crippen LogP contribution in [0.25, 0.3) is 0 Å². The first kappa shape index (κ1) is 24.1. The van der Waals surface area contributed by atoms with Crippen LogP contribution in [0.5, 0.6) is 5.75 Å². The molecule has 0 saturated heterocycles. The first-order valence-corrected chi connectivity index (χ1v) is 11.5. The number of rotatable bonds is 13. The van der Waals surface area contributed by atoms with Crippen molar-refractivity contribution in [2.45, 2.75) is 38.5 Å². The van der Waals surface area contributed by atoms with Gasteiger partial charge in [0.2, 0.25) is 5.91 Å². The van der Waals surface area contributed by atoms with Crippen LogP contribution in [0.2, 0.25) is 0 Å². The highest BCUT2D eigenvalue weighted by Crippen LogP contribution is 2.16. The van der Waals surface area contributed by atoms with Crippen molar-refractivity contribution in [3.05, 3.63) is 96.1 Å². The summed E-state index contributed by atoms with van der Waals surface area (Å²) in [6.45, 7) is 0.998. The second-order valence-electron chi connectivity index (χ2n) is 7.82. The molecule has 0 fully saturated rings. The third kappa shape index (κ3) is 9.60. The monoisotopic (exact) mass is 445 g/mol. The van der Waals surface area contributed by atoms with E-state index in [-0.39, 0.29) is 24.7 Å². The summed E-state index contributed by atoms with van der Waals surface area (Å²) in [4.78, 5) is 24.0. The van der Waals surface area contributed by atoms with Crippen molar-refractivity contribution in [3.63, 3.8) is 0 Å². The van der Waals surface area contributed by atoms with Crippen LogP contribution in [0.1, 0.15) is 36.8 Å². The van der Waals surface area contributed by atoms with Crippen molar-refractivity contribution in [2.24, 2.45) is 0 Å². The van der Waals surface area contributed by atoms with Crippen LogP contribution in [0.3, 0.4) is 0 Å². The molecule has 0 radical (unpaired) electrons. The molecular formula is C28H31NO4. The summed E-state index contributed by atoms with van der Waals surface area (Å²) in [5.74, 6) is 0.386. The SMILES string of the molecule is O=C(CCCC(=O)OCCCc1ccccc1)Nc1ccc(OCCc2ccccc2)cc1. The number of carbonyl (C=O) groups excluding carboxylic acids is 2. The Labute approximate surface area is 195 Å². The molecule has 3 aromatic rings. The molecule has 0 atom stereocenters. The minimum absolute atomic E-state index is 0.121. The molecule has 3 rings (SSSR count). The number of anilines is 1. The summed E-state index contributed by atoms with van der Waals surface area (Å²) in [5.41, 5.74) is 3.17. The Morgan fingerprint density at radius 2 is 1.30 bits per heavy atom. The summed E-state index contributed by atoms with van der Waals surface area (Å²) in [6.07, 6.45) is 3.50. The summed E-state index contributed by atoms with van der Waals surface area (Å²) in [7, 11) is 0. The fraction of sp³-hybridized carbons (Fsp3) is 0.286. The van der Waals surface area contributed by atoms with Crippen LogP contribution in [0, 0.1) is 0 Å². The highest BCUT2D eigenvalue weighted by Gasteiger charge is 2.07. The minimum atomic E-state index is -0.257. The molecule has 1 N–H and O–H groups in total. The summed E-state index contributed by atoms with van der Waals surface area (Å²) in [5, 5.41) is 2.85. The van der Waals surface area contributed by atoms with Crippen LogP contribution in [-0.2, 0) is 27.2 Å². The number of nitrogens with one attached hydrogen (secondary N) is 1. The van der Waals surface area contributed by atoms with Crippen LogP contribution in [0.15, 0.2) is 84.9 Å². The van der Waals surface area contributed by atoms with Crippen LogP contribution >= 0.6 is 0 Å². The Balaban J connectivity index is 1.25. The fourth-order valence-electron chi connectivity index (χ4n) is 3.36. The van der Waals surface area contributed by atoms with E-state index in [2.05, 4.69) is 29.6 Å². The van der Waals surface area contributed by atoms with E-state index in [4.69, 9.17) is 9.47 Å². The van der Waals surface area contributed by atoms with E-state index in [9.17, 15) is 9.59 Å². The molecule has 0 aromatic heterocycles. The average Bonchev–Trinajstić information content (AvgIpc) is 2.84. The summed E-state index contributed by atoms with van der Waals surface area (Å²) in [6, 6.07) is 27.6. The zero-order valence-corrected chi connectivity index (χ0v) is 18.9. The predicted molar refractivity (Wildman–Crippen MR) is 130 cm³/mol. The lowest BCUT2D eigenvalue weighted by molar-refractivity contribution is -0.143. The Hall–Kier alpha value is -3.60. The van der Waals surface area contributed by atoms with Crippen molar-refractivity contribution in [1.29, 1.82) is 0 Å². The van der Waals surface area contributed by atoms with Gasteiger partial charge in [-0.1, -0.05) is 60.7 Å². The first-order valence-electron chi connectivity index (χ1n) is 11.5. The number of amides is 1. The molecule has 3 aromatic carbocycles. The van der Waals surface area contributed by atoms with Crippen LogP contribution < -0.4 is 10.1 Å². The normalized spacial score (nSPS) is 10.4. The van der Waals surface area contributed by atoms with Crippen molar-refractivity contribution in [1.82, 2.24) is 0 Å². The second kappa shape index (κ2) is 13.7. The van der Waals surface area contributed by atoms with Gasteiger partial charge in [-0.2, -0.15) is 0 Å². The quantitative estimate of drug-likeness (QED) is 0.275. The number of hydrogen-bond donors (Lipinski definition) is 1. The number of hydrogen-bond acceptors (Lipinski definition) is 4. The largest absolute Gasteiger partial charge is 0.493 e. The third-order valence-corrected chi connectivity index (χ3v) is 5.14. The van der Waals surface area contributed by atoms with Gasteiger partial charge in [0.05, 0.1) is 13.2 Å². The van der Waals surface area contributed by atoms with Gasteiger partial charge in [0.25, 0.3) is 0 Å². The van der Waals surface area contributed by atoms with Gasteiger partial charge in [0.1, 0.15) is 5.75 Å². The zero-order valence-electron chi connectivity index (χ0n) is 18.9. The summed E-state index contributed by atoms with van der Waals surface area (Å²) < 4.78 is 11.0. The average molecular weight is 446 g/mol. The number of esters is 1. The number of ether oxygens (including phenoxy) is 2. The van der Waals surface area contributed by atoms with E-state index in [0.717, 1.165) is 25.0 Å². The minimum Gasteiger partial charge on any atom is -0.493 e. The van der Waals surface area contributed by atoms with Crippen molar-refractivity contribution >= 4 is 17.6 Å². The Kier molecular flexibility index (Phi) is 10.0. The molecule has 1 amide bonds. The molecule has 33 heavy (non-hydrogen) atoms. The molecule has 5 nitrogen and oxygen atoms in total. The van der Waals surface area contributed by atoms with E-state index >= 15 is 0 Å². The van der Waals surface area contributed by atoms with Gasteiger partial charge >= 0.3 is 5.97 Å². The van der Waals surface area contributed by atoms with Gasteiger partial charge < -0.3 is 14.8 Å². The number of aryl methyl sites for hydroxylation is 1. The molecule has 0 aliphatic rings. The van der Waals surface area contributed by atoms with E-state index in [1.165, 1.54) is 11.1 Å². The molecule has 0 saturated carbocycles. The number of benzene rings is 3. The highest BCUT2D eigenvalue weighted by atomic mass is 16.5. The lowest BCUT2D eigenvalue weighted by atomic mass is 10.1. The van der Waals surface area contributed by atoms with E-state index in [1.807, 2.05) is 60.7 Å². The molecular weight excluding hydrogens is 414 g/mol. The molecule has 0 aliphatic carbocycles. The van der Waals surface area contributed by atoms with Gasteiger partial charge in [0, 0.05) is 24.9 Å². The Bertz CT molecular complexity index is 972. The summed E-state index contributed by atoms with van der Waals surface area (Å²) >= 11 is 0. The Morgan fingerprint density at radius 1 is 0.667 bits per heavy atom. The van der Waals surface area contributed by atoms with Gasteiger partial charge in [-0.05, 0) is 54.7 Å². The van der Waals surface area contributed by atoms with E-state index in [1.54, 1.807) is 0 Å². The lowest BCUT2D eigenvalue weighted by Crippen LogP contribution is -2.13. The van der Waals surface area contributed by atoms with Gasteiger partial charge in [0.15, 0.2) is 0 Å².